The van der Waals surface area contributed by atoms with Gasteiger partial charge in [0.05, 0.1) is 11.1 Å². The van der Waals surface area contributed by atoms with Crippen LogP contribution in [0.15, 0.2) is 57.3 Å². The van der Waals surface area contributed by atoms with E-state index in [1.807, 2.05) is 18.2 Å². The number of benzene rings is 2. The summed E-state index contributed by atoms with van der Waals surface area (Å²) in [7, 11) is -4.04. The summed E-state index contributed by atoms with van der Waals surface area (Å²) in [6.45, 7) is 4.16. The van der Waals surface area contributed by atoms with Crippen molar-refractivity contribution in [3.8, 4) is 0 Å². The minimum Gasteiger partial charge on any atom is -0.506 e. The number of sulfonamides is 1. The zero-order valence-electron chi connectivity index (χ0n) is 18.3. The maximum absolute atomic E-state index is 14.1. The molecule has 0 saturated carbocycles. The molecular formula is C25H27N2O4S. The van der Waals surface area contributed by atoms with Gasteiger partial charge < -0.3 is 10.4 Å². The van der Waals surface area contributed by atoms with Crippen LogP contribution in [0.25, 0.3) is 5.76 Å². The first-order chi connectivity index (χ1) is 15.4. The third-order valence-corrected chi connectivity index (χ3v) is 7.63. The number of unbranched alkanes of at least 4 members (excludes halogenated alkanes) is 2. The van der Waals surface area contributed by atoms with Gasteiger partial charge in [-0.3, -0.25) is 4.79 Å². The molecular weight excluding hydrogens is 424 g/mol. The molecule has 7 heteroatoms. The van der Waals surface area contributed by atoms with Crippen LogP contribution in [-0.2, 0) is 20.2 Å². The van der Waals surface area contributed by atoms with E-state index in [2.05, 4.69) is 29.6 Å². The maximum Gasteiger partial charge on any atom is 0.286 e. The lowest BCUT2D eigenvalue weighted by Gasteiger charge is -2.39. The molecule has 2 N–H and O–H groups in total. The second-order valence-corrected chi connectivity index (χ2v) is 9.92. The molecule has 2 aromatic rings. The van der Waals surface area contributed by atoms with Crippen LogP contribution in [0.4, 0.5) is 5.69 Å². The SMILES string of the molecule is CCCCC1(CCCC)C(=O)C(C2=NS(=O)(=O)c3c[c]ccc3N2)=C(O)c2ccccc21. The van der Waals surface area contributed by atoms with Crippen molar-refractivity contribution in [2.24, 2.45) is 4.40 Å². The van der Waals surface area contributed by atoms with Crippen molar-refractivity contribution in [3.63, 3.8) is 0 Å². The number of Topliss-reactive ketones (excluding diaryl/α,β-unsaturated/α-hetero) is 1. The van der Waals surface area contributed by atoms with Crippen LogP contribution < -0.4 is 5.32 Å². The number of fused-ring (bicyclic) bond motifs is 2. The summed E-state index contributed by atoms with van der Waals surface area (Å²) >= 11 is 0. The lowest BCUT2D eigenvalue weighted by molar-refractivity contribution is -0.121. The van der Waals surface area contributed by atoms with Gasteiger partial charge in [-0.25, -0.2) is 0 Å². The van der Waals surface area contributed by atoms with Crippen molar-refractivity contribution in [3.05, 3.63) is 65.2 Å². The van der Waals surface area contributed by atoms with Crippen molar-refractivity contribution in [1.29, 1.82) is 0 Å². The van der Waals surface area contributed by atoms with Gasteiger partial charge in [0.25, 0.3) is 10.0 Å². The number of nitrogens with zero attached hydrogens (tertiary/aromatic N) is 1. The summed E-state index contributed by atoms with van der Waals surface area (Å²) in [5.41, 5.74) is 0.792. The van der Waals surface area contributed by atoms with Gasteiger partial charge in [0.1, 0.15) is 16.2 Å². The molecule has 1 heterocycles. The largest absolute Gasteiger partial charge is 0.506 e. The Bertz CT molecular complexity index is 1220. The highest BCUT2D eigenvalue weighted by molar-refractivity contribution is 7.90. The fourth-order valence-electron chi connectivity index (χ4n) is 4.67. The standard InChI is InChI=1S/C25H27N2O4S/c1-3-5-15-25(16-6-4-2)18-12-8-7-11-17(18)22(28)21(23(25)29)24-26-19-13-9-10-14-20(19)32(30,31)27-24/h7-9,11-14,28H,3-6,15-16H2,1-2H3,(H,26,27). The lowest BCUT2D eigenvalue weighted by atomic mass is 9.63. The van der Waals surface area contributed by atoms with E-state index >= 15 is 0 Å². The van der Waals surface area contributed by atoms with Crippen LogP contribution in [-0.4, -0.2) is 25.1 Å². The molecule has 0 amide bonds. The van der Waals surface area contributed by atoms with Gasteiger partial charge in [-0.2, -0.15) is 8.42 Å². The van der Waals surface area contributed by atoms with Crippen molar-refractivity contribution in [1.82, 2.24) is 0 Å². The molecule has 0 aromatic heterocycles. The molecule has 167 valence electrons. The highest BCUT2D eigenvalue weighted by atomic mass is 32.2. The molecule has 0 spiro atoms. The Morgan fingerprint density at radius 3 is 2.47 bits per heavy atom. The topological polar surface area (TPSA) is 95.8 Å². The van der Waals surface area contributed by atoms with Crippen LogP contribution >= 0.6 is 0 Å². The number of rotatable bonds is 7. The van der Waals surface area contributed by atoms with Gasteiger partial charge in [-0.15, -0.1) is 4.40 Å². The van der Waals surface area contributed by atoms with Crippen molar-refractivity contribution >= 4 is 33.1 Å². The van der Waals surface area contributed by atoms with E-state index in [0.29, 0.717) is 24.1 Å². The minimum atomic E-state index is -4.04. The molecule has 2 aliphatic rings. The Kier molecular flexibility index (Phi) is 5.95. The van der Waals surface area contributed by atoms with E-state index in [-0.39, 0.29) is 27.8 Å². The zero-order valence-corrected chi connectivity index (χ0v) is 19.1. The van der Waals surface area contributed by atoms with Crippen molar-refractivity contribution in [2.75, 3.05) is 5.32 Å². The Morgan fingerprint density at radius 1 is 1.09 bits per heavy atom. The second kappa shape index (κ2) is 8.54. The molecule has 0 fully saturated rings. The summed E-state index contributed by atoms with van der Waals surface area (Å²) in [4.78, 5) is 14.1. The van der Waals surface area contributed by atoms with Crippen LogP contribution in [0.3, 0.4) is 0 Å². The van der Waals surface area contributed by atoms with Crippen molar-refractivity contribution in [2.45, 2.75) is 62.7 Å². The number of ketones is 1. The number of carbonyl (C=O) groups excluding carboxylic acids is 1. The third kappa shape index (κ3) is 3.54. The predicted octanol–water partition coefficient (Wildman–Crippen LogP) is 5.17. The molecule has 1 aliphatic heterocycles. The van der Waals surface area contributed by atoms with Crippen LogP contribution in [0, 0.1) is 6.07 Å². The van der Waals surface area contributed by atoms with Crippen LogP contribution in [0.5, 0.6) is 0 Å². The molecule has 0 bridgehead atoms. The van der Waals surface area contributed by atoms with Gasteiger partial charge in [0.2, 0.25) is 0 Å². The summed E-state index contributed by atoms with van der Waals surface area (Å²) in [5, 5.41) is 14.2. The van der Waals surface area contributed by atoms with Crippen LogP contribution in [0.1, 0.15) is 63.5 Å². The fourth-order valence-corrected chi connectivity index (χ4v) is 5.76. The Labute approximate surface area is 189 Å². The molecule has 0 unspecified atom stereocenters. The summed E-state index contributed by atoms with van der Waals surface area (Å²) in [5.74, 6) is -0.636. The highest BCUT2D eigenvalue weighted by Gasteiger charge is 2.48. The van der Waals surface area contributed by atoms with Gasteiger partial charge in [0, 0.05) is 5.56 Å². The number of hydrogen-bond acceptors (Lipinski definition) is 5. The third-order valence-electron chi connectivity index (χ3n) is 6.32. The van der Waals surface area contributed by atoms with Crippen LogP contribution in [0.2, 0.25) is 0 Å². The molecule has 2 aromatic carbocycles. The van der Waals surface area contributed by atoms with E-state index < -0.39 is 15.4 Å². The number of aliphatic hydroxyl groups is 1. The number of anilines is 1. The number of nitrogens with one attached hydrogen (secondary N) is 1. The molecule has 6 nitrogen and oxygen atoms in total. The normalized spacial score (nSPS) is 18.4. The van der Waals surface area contributed by atoms with Gasteiger partial charge in [-0.1, -0.05) is 69.9 Å². The molecule has 0 saturated heterocycles. The number of amidine groups is 1. The molecule has 1 aliphatic carbocycles. The van der Waals surface area contributed by atoms with Gasteiger partial charge >= 0.3 is 0 Å². The fraction of sp³-hybridized carbons (Fsp3) is 0.360. The Morgan fingerprint density at radius 2 is 1.78 bits per heavy atom. The summed E-state index contributed by atoms with van der Waals surface area (Å²) in [6.07, 6.45) is 4.78. The average Bonchev–Trinajstić information content (AvgIpc) is 2.78. The van der Waals surface area contributed by atoms with E-state index in [0.717, 1.165) is 31.2 Å². The number of hydrogen-bond donors (Lipinski definition) is 2. The Hall–Kier alpha value is -2.93. The smallest absolute Gasteiger partial charge is 0.286 e. The predicted molar refractivity (Wildman–Crippen MR) is 125 cm³/mol. The maximum atomic E-state index is 14.1. The Balaban J connectivity index is 1.93. The average molecular weight is 452 g/mol. The molecule has 0 atom stereocenters. The van der Waals surface area contributed by atoms with E-state index in [4.69, 9.17) is 0 Å². The first kappa shape index (κ1) is 22.3. The number of aliphatic hydroxyl groups excluding tert-OH is 1. The second-order valence-electron chi connectivity index (χ2n) is 8.35. The first-order valence-corrected chi connectivity index (χ1v) is 12.5. The highest BCUT2D eigenvalue weighted by Crippen LogP contribution is 2.46. The molecule has 32 heavy (non-hydrogen) atoms. The van der Waals surface area contributed by atoms with E-state index in [1.165, 1.54) is 6.07 Å². The van der Waals surface area contributed by atoms with Gasteiger partial charge in [-0.05, 0) is 36.6 Å². The summed E-state index contributed by atoms with van der Waals surface area (Å²) in [6, 6.07) is 14.6. The van der Waals surface area contributed by atoms with E-state index in [1.54, 1.807) is 18.2 Å². The number of carbonyl (C=O) groups is 1. The van der Waals surface area contributed by atoms with Gasteiger partial charge in [0.15, 0.2) is 11.6 Å². The molecule has 1 radical (unpaired) electrons. The monoisotopic (exact) mass is 451 g/mol. The quantitative estimate of drug-likeness (QED) is 0.605. The van der Waals surface area contributed by atoms with Crippen molar-refractivity contribution < 1.29 is 18.3 Å². The lowest BCUT2D eigenvalue weighted by Crippen LogP contribution is -2.44. The summed E-state index contributed by atoms with van der Waals surface area (Å²) < 4.78 is 29.6. The minimum absolute atomic E-state index is 0.00396. The molecule has 4 rings (SSSR count). The van der Waals surface area contributed by atoms with E-state index in [9.17, 15) is 18.3 Å². The first-order valence-electron chi connectivity index (χ1n) is 11.1. The zero-order chi connectivity index (χ0) is 22.9.